The van der Waals surface area contributed by atoms with Gasteiger partial charge in [0.05, 0.1) is 17.9 Å². The van der Waals surface area contributed by atoms with Crippen molar-refractivity contribution in [2.24, 2.45) is 5.84 Å². The lowest BCUT2D eigenvalue weighted by atomic mass is 10.1. The molecule has 0 aliphatic rings. The largest absolute Gasteiger partial charge is 0.271 e. The normalized spacial score (nSPS) is 12.6. The number of hydrogen-bond donors (Lipinski definition) is 2. The molecule has 7 heteroatoms. The number of rotatable bonds is 5. The zero-order valence-corrected chi connectivity index (χ0v) is 11.6. The molecule has 0 amide bonds. The lowest BCUT2D eigenvalue weighted by Crippen LogP contribution is -2.30. The van der Waals surface area contributed by atoms with Crippen molar-refractivity contribution in [3.63, 3.8) is 0 Å². The number of pyridine rings is 1. The summed E-state index contributed by atoms with van der Waals surface area (Å²) in [5.41, 5.74) is 4.68. The highest BCUT2D eigenvalue weighted by Gasteiger charge is 2.18. The maximum Gasteiger partial charge on any atom is 0.0909 e. The fourth-order valence-electron chi connectivity index (χ4n) is 1.81. The van der Waals surface area contributed by atoms with Gasteiger partial charge in [-0.3, -0.25) is 10.8 Å². The van der Waals surface area contributed by atoms with Crippen molar-refractivity contribution in [2.45, 2.75) is 25.9 Å². The molecule has 0 spiro atoms. The Labute approximate surface area is 114 Å². The van der Waals surface area contributed by atoms with E-state index in [0.29, 0.717) is 0 Å². The number of nitrogens with two attached hydrogens (primary N) is 1. The number of hydrogen-bond acceptors (Lipinski definition) is 5. The third-order valence-corrected chi connectivity index (χ3v) is 3.04. The zero-order chi connectivity index (χ0) is 13.0. The fourth-order valence-corrected chi connectivity index (χ4v) is 2.20. The lowest BCUT2D eigenvalue weighted by Gasteiger charge is -2.16. The first-order chi connectivity index (χ1) is 8.76. The second kappa shape index (κ2) is 6.03. The van der Waals surface area contributed by atoms with Gasteiger partial charge < -0.3 is 0 Å². The van der Waals surface area contributed by atoms with Crippen LogP contribution in [-0.2, 0) is 6.54 Å². The summed E-state index contributed by atoms with van der Waals surface area (Å²) in [6, 6.07) is 1.80. The molecule has 0 aromatic carbocycles. The van der Waals surface area contributed by atoms with Crippen LogP contribution in [0.3, 0.4) is 0 Å². The first kappa shape index (κ1) is 13.1. The van der Waals surface area contributed by atoms with E-state index < -0.39 is 0 Å². The Morgan fingerprint density at radius 2 is 2.28 bits per heavy atom. The number of halogens is 1. The van der Waals surface area contributed by atoms with Crippen molar-refractivity contribution >= 4 is 15.9 Å². The average molecular weight is 311 g/mol. The lowest BCUT2D eigenvalue weighted by molar-refractivity contribution is 0.511. The van der Waals surface area contributed by atoms with Gasteiger partial charge in [0.15, 0.2) is 0 Å². The van der Waals surface area contributed by atoms with E-state index in [2.05, 4.69) is 43.6 Å². The van der Waals surface area contributed by atoms with Crippen LogP contribution in [0, 0.1) is 0 Å². The third kappa shape index (κ3) is 2.74. The quantitative estimate of drug-likeness (QED) is 0.644. The summed E-state index contributed by atoms with van der Waals surface area (Å²) >= 11 is 3.40. The summed E-state index contributed by atoms with van der Waals surface area (Å²) in [6.07, 6.45) is 6.22. The van der Waals surface area contributed by atoms with Crippen LogP contribution in [0.5, 0.6) is 0 Å². The first-order valence-electron chi connectivity index (χ1n) is 5.71. The summed E-state index contributed by atoms with van der Waals surface area (Å²) in [6.45, 7) is 2.91. The highest BCUT2D eigenvalue weighted by Crippen LogP contribution is 2.22. The molecule has 2 aromatic heterocycles. The van der Waals surface area contributed by atoms with Crippen LogP contribution in [0.2, 0.25) is 0 Å². The number of hydrazine groups is 1. The van der Waals surface area contributed by atoms with Crippen LogP contribution in [0.4, 0.5) is 0 Å². The molecule has 0 bridgehead atoms. The molecule has 0 saturated carbocycles. The third-order valence-electron chi connectivity index (χ3n) is 2.60. The minimum absolute atomic E-state index is 0.170. The van der Waals surface area contributed by atoms with Gasteiger partial charge in [-0.05, 0) is 34.0 Å². The van der Waals surface area contributed by atoms with E-state index in [4.69, 9.17) is 5.84 Å². The number of aryl methyl sites for hydroxylation is 1. The van der Waals surface area contributed by atoms with Gasteiger partial charge in [-0.25, -0.2) is 10.1 Å². The highest BCUT2D eigenvalue weighted by atomic mass is 79.9. The smallest absolute Gasteiger partial charge is 0.0909 e. The van der Waals surface area contributed by atoms with Gasteiger partial charge in [-0.1, -0.05) is 12.1 Å². The predicted molar refractivity (Wildman–Crippen MR) is 71.4 cm³/mol. The second-order valence-electron chi connectivity index (χ2n) is 3.92. The van der Waals surface area contributed by atoms with Crippen LogP contribution in [0.25, 0.3) is 0 Å². The highest BCUT2D eigenvalue weighted by molar-refractivity contribution is 9.10. The van der Waals surface area contributed by atoms with Gasteiger partial charge in [-0.2, -0.15) is 0 Å². The molecule has 0 saturated heterocycles. The van der Waals surface area contributed by atoms with Gasteiger partial charge in [0.25, 0.3) is 0 Å². The molecule has 96 valence electrons. The van der Waals surface area contributed by atoms with Crippen molar-refractivity contribution in [3.8, 4) is 0 Å². The molecule has 0 aliphatic heterocycles. The van der Waals surface area contributed by atoms with Gasteiger partial charge in [0.1, 0.15) is 0 Å². The van der Waals surface area contributed by atoms with Crippen molar-refractivity contribution in [1.82, 2.24) is 25.4 Å². The van der Waals surface area contributed by atoms with Crippen LogP contribution >= 0.6 is 15.9 Å². The average Bonchev–Trinajstić information content (AvgIpc) is 2.79. The first-order valence-corrected chi connectivity index (χ1v) is 6.50. The number of nitrogens with one attached hydrogen (secondary N) is 1. The second-order valence-corrected chi connectivity index (χ2v) is 4.83. The summed E-state index contributed by atoms with van der Waals surface area (Å²) < 4.78 is 2.76. The molecule has 1 atom stereocenters. The van der Waals surface area contributed by atoms with E-state index in [1.807, 2.05) is 10.7 Å². The summed E-state index contributed by atoms with van der Waals surface area (Å²) in [5.74, 6) is 5.65. The maximum absolute atomic E-state index is 5.65. The van der Waals surface area contributed by atoms with Crippen LogP contribution in [-0.4, -0.2) is 20.0 Å². The van der Waals surface area contributed by atoms with E-state index in [0.717, 1.165) is 28.7 Å². The van der Waals surface area contributed by atoms with Crippen molar-refractivity contribution in [3.05, 3.63) is 40.4 Å². The standard InChI is InChI=1S/C11H15BrN6/c1-2-3-18-10(7-15-17-18)11(16-13)8-4-9(12)6-14-5-8/h4-7,11,16H,2-3,13H2,1H3. The molecule has 18 heavy (non-hydrogen) atoms. The van der Waals surface area contributed by atoms with E-state index in [1.54, 1.807) is 18.6 Å². The van der Waals surface area contributed by atoms with Crippen molar-refractivity contribution < 1.29 is 0 Å². The summed E-state index contributed by atoms with van der Waals surface area (Å²) in [4.78, 5) is 4.15. The monoisotopic (exact) mass is 310 g/mol. The van der Waals surface area contributed by atoms with Crippen LogP contribution in [0.15, 0.2) is 29.1 Å². The summed E-state index contributed by atoms with van der Waals surface area (Å²) in [5, 5.41) is 8.00. The SMILES string of the molecule is CCCn1nncc1C(NN)c1cncc(Br)c1. The Bertz CT molecular complexity index is 512. The molecule has 2 rings (SSSR count). The van der Waals surface area contributed by atoms with E-state index in [9.17, 15) is 0 Å². The molecule has 0 aliphatic carbocycles. The van der Waals surface area contributed by atoms with Gasteiger partial charge >= 0.3 is 0 Å². The van der Waals surface area contributed by atoms with Crippen molar-refractivity contribution in [1.29, 1.82) is 0 Å². The molecule has 0 radical (unpaired) electrons. The molecule has 2 aromatic rings. The van der Waals surface area contributed by atoms with E-state index in [-0.39, 0.29) is 6.04 Å². The topological polar surface area (TPSA) is 81.7 Å². The summed E-state index contributed by atoms with van der Waals surface area (Å²) in [7, 11) is 0. The molecular formula is C11H15BrN6. The number of aromatic nitrogens is 4. The Morgan fingerprint density at radius 3 is 2.94 bits per heavy atom. The Morgan fingerprint density at radius 1 is 1.44 bits per heavy atom. The van der Waals surface area contributed by atoms with Gasteiger partial charge in [0, 0.05) is 23.4 Å². The molecule has 0 fully saturated rings. The van der Waals surface area contributed by atoms with E-state index >= 15 is 0 Å². The van der Waals surface area contributed by atoms with Crippen LogP contribution in [0.1, 0.15) is 30.6 Å². The molecule has 2 heterocycles. The zero-order valence-electron chi connectivity index (χ0n) is 10.0. The molecule has 1 unspecified atom stereocenters. The fraction of sp³-hybridized carbons (Fsp3) is 0.364. The van der Waals surface area contributed by atoms with E-state index in [1.165, 1.54) is 0 Å². The van der Waals surface area contributed by atoms with Gasteiger partial charge in [-0.15, -0.1) is 5.10 Å². The predicted octanol–water partition coefficient (Wildman–Crippen LogP) is 1.40. The molecule has 6 nitrogen and oxygen atoms in total. The molecule has 3 N–H and O–H groups in total. The maximum atomic E-state index is 5.65. The minimum Gasteiger partial charge on any atom is -0.271 e. The minimum atomic E-state index is -0.170. The molecular weight excluding hydrogens is 296 g/mol. The number of nitrogens with zero attached hydrogens (tertiary/aromatic N) is 4. The van der Waals surface area contributed by atoms with Crippen LogP contribution < -0.4 is 11.3 Å². The Hall–Kier alpha value is -1.31. The Kier molecular flexibility index (Phi) is 4.40. The van der Waals surface area contributed by atoms with Gasteiger partial charge in [0.2, 0.25) is 0 Å². The Balaban J connectivity index is 2.36. The van der Waals surface area contributed by atoms with Crippen molar-refractivity contribution in [2.75, 3.05) is 0 Å².